The Balaban J connectivity index is 1.81. The maximum atomic E-state index is 12.7. The van der Waals surface area contributed by atoms with E-state index in [1.165, 1.54) is 0 Å². The predicted molar refractivity (Wildman–Crippen MR) is 114 cm³/mol. The van der Waals surface area contributed by atoms with Crippen molar-refractivity contribution < 1.29 is 24.2 Å². The van der Waals surface area contributed by atoms with E-state index >= 15 is 0 Å². The summed E-state index contributed by atoms with van der Waals surface area (Å²) >= 11 is 0. The van der Waals surface area contributed by atoms with Crippen molar-refractivity contribution in [3.8, 4) is 0 Å². The first-order valence-corrected chi connectivity index (χ1v) is 9.56. The summed E-state index contributed by atoms with van der Waals surface area (Å²) in [6.45, 7) is 2.97. The van der Waals surface area contributed by atoms with Gasteiger partial charge < -0.3 is 9.84 Å². The number of carboxylic acids is 1. The van der Waals surface area contributed by atoms with Gasteiger partial charge in [-0.3, -0.25) is 9.59 Å². The van der Waals surface area contributed by atoms with Gasteiger partial charge in [-0.1, -0.05) is 79.4 Å². The summed E-state index contributed by atoms with van der Waals surface area (Å²) in [5, 5.41) is 10.9. The fourth-order valence-corrected chi connectivity index (χ4v) is 3.44. The van der Waals surface area contributed by atoms with Crippen molar-refractivity contribution in [3.05, 3.63) is 96.1 Å². The summed E-state index contributed by atoms with van der Waals surface area (Å²) in [6, 6.07) is 23.7. The highest BCUT2D eigenvalue weighted by atomic mass is 16.5. The number of carbonyl (C=O) groups is 3. The number of rotatable bonds is 9. The Bertz CT molecular complexity index is 1080. The van der Waals surface area contributed by atoms with Crippen LogP contribution in [0.5, 0.6) is 0 Å². The highest BCUT2D eigenvalue weighted by Crippen LogP contribution is 2.33. The number of carbonyl (C=O) groups excluding carboxylic acids is 2. The van der Waals surface area contributed by atoms with E-state index in [0.717, 1.165) is 21.9 Å². The van der Waals surface area contributed by atoms with E-state index in [1.807, 2.05) is 72.8 Å². The molecule has 1 atom stereocenters. The Morgan fingerprint density at radius 1 is 0.900 bits per heavy atom. The summed E-state index contributed by atoms with van der Waals surface area (Å²) in [6.07, 6.45) is -0.369. The van der Waals surface area contributed by atoms with Gasteiger partial charge in [0.25, 0.3) is 0 Å². The molecule has 0 saturated heterocycles. The average molecular weight is 402 g/mol. The fraction of sp³-hybridized carbons (Fsp3) is 0.160. The van der Waals surface area contributed by atoms with E-state index in [4.69, 9.17) is 9.84 Å². The SMILES string of the molecule is C=C(CC(=O)O)C(=O)OCC(=O)CC(c1ccccc1)c1cccc2ccccc12. The van der Waals surface area contributed by atoms with Crippen LogP contribution < -0.4 is 0 Å². The Morgan fingerprint density at radius 2 is 1.57 bits per heavy atom. The van der Waals surface area contributed by atoms with Crippen molar-refractivity contribution in [2.24, 2.45) is 0 Å². The molecule has 0 fully saturated rings. The first kappa shape index (κ1) is 21.0. The van der Waals surface area contributed by atoms with Crippen LogP contribution in [0.1, 0.15) is 29.9 Å². The second kappa shape index (κ2) is 9.65. The van der Waals surface area contributed by atoms with Crippen LogP contribution in [0, 0.1) is 0 Å². The minimum Gasteiger partial charge on any atom is -0.481 e. The van der Waals surface area contributed by atoms with Crippen LogP contribution in [0.4, 0.5) is 0 Å². The first-order valence-electron chi connectivity index (χ1n) is 9.56. The van der Waals surface area contributed by atoms with E-state index in [9.17, 15) is 14.4 Å². The van der Waals surface area contributed by atoms with E-state index in [1.54, 1.807) is 0 Å². The standard InChI is InChI=1S/C25H22O5/c1-17(14-24(27)28)25(29)30-16-20(26)15-23(19-8-3-2-4-9-19)22-13-7-11-18-10-5-6-12-21(18)22/h2-13,23H,1,14-16H2,(H,27,28). The number of hydrogen-bond donors (Lipinski definition) is 1. The topological polar surface area (TPSA) is 80.7 Å². The van der Waals surface area contributed by atoms with Gasteiger partial charge in [-0.05, 0) is 21.9 Å². The van der Waals surface area contributed by atoms with Gasteiger partial charge in [-0.2, -0.15) is 0 Å². The lowest BCUT2D eigenvalue weighted by Gasteiger charge is -2.19. The number of hydrogen-bond acceptors (Lipinski definition) is 4. The number of carboxylic acid groups (broad SMARTS) is 1. The molecule has 0 aliphatic rings. The van der Waals surface area contributed by atoms with Gasteiger partial charge in [-0.25, -0.2) is 4.79 Å². The Kier molecular flexibility index (Phi) is 6.75. The van der Waals surface area contributed by atoms with E-state index < -0.39 is 25.0 Å². The largest absolute Gasteiger partial charge is 0.481 e. The van der Waals surface area contributed by atoms with E-state index in [2.05, 4.69) is 6.58 Å². The van der Waals surface area contributed by atoms with Gasteiger partial charge in [0.15, 0.2) is 5.78 Å². The molecule has 3 aromatic rings. The minimum atomic E-state index is -1.18. The number of ketones is 1. The third-order valence-corrected chi connectivity index (χ3v) is 4.85. The van der Waals surface area contributed by atoms with Crippen LogP contribution in [0.25, 0.3) is 10.8 Å². The van der Waals surface area contributed by atoms with Crippen LogP contribution >= 0.6 is 0 Å². The highest BCUT2D eigenvalue weighted by Gasteiger charge is 2.21. The normalized spacial score (nSPS) is 11.6. The smallest absolute Gasteiger partial charge is 0.334 e. The van der Waals surface area contributed by atoms with Gasteiger partial charge in [0.2, 0.25) is 0 Å². The summed E-state index contributed by atoms with van der Waals surface area (Å²) < 4.78 is 4.98. The maximum absolute atomic E-state index is 12.7. The molecule has 0 aliphatic heterocycles. The zero-order chi connectivity index (χ0) is 21.5. The second-order valence-corrected chi connectivity index (χ2v) is 7.02. The molecule has 0 aromatic heterocycles. The number of esters is 1. The van der Waals surface area contributed by atoms with Gasteiger partial charge in [-0.15, -0.1) is 0 Å². The number of benzene rings is 3. The molecule has 5 heteroatoms. The van der Waals surface area contributed by atoms with Crippen molar-refractivity contribution in [1.82, 2.24) is 0 Å². The summed E-state index contributed by atoms with van der Waals surface area (Å²) in [4.78, 5) is 35.2. The lowest BCUT2D eigenvalue weighted by atomic mass is 9.84. The van der Waals surface area contributed by atoms with Crippen LogP contribution in [0.2, 0.25) is 0 Å². The van der Waals surface area contributed by atoms with Gasteiger partial charge in [0.05, 0.1) is 6.42 Å². The summed E-state index contributed by atoms with van der Waals surface area (Å²) in [5.41, 5.74) is 1.82. The van der Waals surface area contributed by atoms with Crippen molar-refractivity contribution in [1.29, 1.82) is 0 Å². The fourth-order valence-electron chi connectivity index (χ4n) is 3.44. The third kappa shape index (κ3) is 5.20. The van der Waals surface area contributed by atoms with E-state index in [-0.39, 0.29) is 23.7 Å². The molecule has 0 aliphatic carbocycles. The summed E-state index contributed by atoms with van der Waals surface area (Å²) in [5.74, 6) is -2.51. The lowest BCUT2D eigenvalue weighted by Crippen LogP contribution is -2.18. The van der Waals surface area contributed by atoms with Crippen molar-refractivity contribution in [2.75, 3.05) is 6.61 Å². The minimum absolute atomic E-state index is 0.150. The first-order chi connectivity index (χ1) is 14.5. The van der Waals surface area contributed by atoms with Crippen LogP contribution in [-0.4, -0.2) is 29.4 Å². The highest BCUT2D eigenvalue weighted by molar-refractivity contribution is 5.94. The molecule has 0 radical (unpaired) electrons. The predicted octanol–water partition coefficient (Wildman–Crippen LogP) is 4.51. The van der Waals surface area contributed by atoms with E-state index in [0.29, 0.717) is 0 Å². The molecular weight excluding hydrogens is 380 g/mol. The van der Waals surface area contributed by atoms with Crippen LogP contribution in [-0.2, 0) is 19.1 Å². The molecule has 1 N–H and O–H groups in total. The van der Waals surface area contributed by atoms with Crippen molar-refractivity contribution in [3.63, 3.8) is 0 Å². The quantitative estimate of drug-likeness (QED) is 0.421. The van der Waals surface area contributed by atoms with Crippen LogP contribution in [0.3, 0.4) is 0 Å². The molecule has 5 nitrogen and oxygen atoms in total. The average Bonchev–Trinajstić information content (AvgIpc) is 2.75. The zero-order valence-corrected chi connectivity index (χ0v) is 16.4. The Hall–Kier alpha value is -3.73. The molecule has 0 bridgehead atoms. The maximum Gasteiger partial charge on any atom is 0.334 e. The van der Waals surface area contributed by atoms with Crippen LogP contribution in [0.15, 0.2) is 84.9 Å². The third-order valence-electron chi connectivity index (χ3n) is 4.85. The molecule has 30 heavy (non-hydrogen) atoms. The zero-order valence-electron chi connectivity index (χ0n) is 16.4. The molecule has 0 saturated carbocycles. The van der Waals surface area contributed by atoms with Gasteiger partial charge in [0.1, 0.15) is 6.61 Å². The molecular formula is C25H22O5. The molecule has 3 rings (SSSR count). The lowest BCUT2D eigenvalue weighted by molar-refractivity contribution is -0.145. The number of aliphatic carboxylic acids is 1. The number of ether oxygens (including phenoxy) is 1. The molecule has 152 valence electrons. The molecule has 3 aromatic carbocycles. The summed E-state index contributed by atoms with van der Waals surface area (Å²) in [7, 11) is 0. The monoisotopic (exact) mass is 402 g/mol. The Labute approximate surface area is 174 Å². The number of Topliss-reactive ketones (excluding diaryl/α,β-unsaturated/α-hetero) is 1. The molecule has 0 heterocycles. The van der Waals surface area contributed by atoms with Crippen molar-refractivity contribution >= 4 is 28.5 Å². The second-order valence-electron chi connectivity index (χ2n) is 7.02. The molecule has 0 amide bonds. The Morgan fingerprint density at radius 3 is 2.30 bits per heavy atom. The van der Waals surface area contributed by atoms with Gasteiger partial charge in [0, 0.05) is 17.9 Å². The molecule has 1 unspecified atom stereocenters. The van der Waals surface area contributed by atoms with Crippen molar-refractivity contribution in [2.45, 2.75) is 18.8 Å². The number of fused-ring (bicyclic) bond motifs is 1. The van der Waals surface area contributed by atoms with Gasteiger partial charge >= 0.3 is 11.9 Å². The molecule has 0 spiro atoms.